The summed E-state index contributed by atoms with van der Waals surface area (Å²) in [4.78, 5) is 14.7. The van der Waals surface area contributed by atoms with E-state index in [1.165, 1.54) is 12.3 Å². The summed E-state index contributed by atoms with van der Waals surface area (Å²) in [5.41, 5.74) is 1.32. The van der Waals surface area contributed by atoms with Crippen LogP contribution in [0, 0.1) is 0 Å². The third-order valence-corrected chi connectivity index (χ3v) is 4.31. The van der Waals surface area contributed by atoms with Gasteiger partial charge in [0.05, 0.1) is 0 Å². The topological polar surface area (TPSA) is 50.2 Å². The number of benzene rings is 1. The highest BCUT2D eigenvalue weighted by Crippen LogP contribution is 2.26. The second-order valence-corrected chi connectivity index (χ2v) is 6.11. The molecule has 0 saturated carbocycles. The maximum Gasteiger partial charge on any atom is 0.269 e. The molecule has 0 bridgehead atoms. The molecule has 1 aliphatic rings. The van der Waals surface area contributed by atoms with Gasteiger partial charge in [0.25, 0.3) is 12.3 Å². The number of aromatic nitrogens is 2. The van der Waals surface area contributed by atoms with Crippen LogP contribution < -0.4 is 5.32 Å². The van der Waals surface area contributed by atoms with Gasteiger partial charge in [0.2, 0.25) is 0 Å². The summed E-state index contributed by atoms with van der Waals surface area (Å²) in [5.74, 6) is -0.194. The van der Waals surface area contributed by atoms with Gasteiger partial charge < -0.3 is 10.2 Å². The number of likely N-dealkylation sites (N-methyl/N-ethyl adjacent to an activating group) is 1. The van der Waals surface area contributed by atoms with Crippen LogP contribution in [-0.4, -0.2) is 53.2 Å². The van der Waals surface area contributed by atoms with Gasteiger partial charge in [-0.25, -0.2) is 8.78 Å². The molecule has 1 aromatic carbocycles. The highest BCUT2D eigenvalue weighted by molar-refractivity contribution is 5.92. The first-order valence-electron chi connectivity index (χ1n) is 7.89. The van der Waals surface area contributed by atoms with Crippen LogP contribution in [0.15, 0.2) is 42.6 Å². The zero-order valence-corrected chi connectivity index (χ0v) is 13.4. The molecule has 3 rings (SSSR count). The van der Waals surface area contributed by atoms with Gasteiger partial charge in [0.1, 0.15) is 12.2 Å². The molecule has 0 radical (unpaired) electrons. The predicted octanol–water partition coefficient (Wildman–Crippen LogP) is 1.98. The molecule has 1 N–H and O–H groups in total. The maximum atomic E-state index is 12.6. The van der Waals surface area contributed by atoms with Crippen molar-refractivity contribution in [2.45, 2.75) is 24.9 Å². The first-order chi connectivity index (χ1) is 11.5. The summed E-state index contributed by atoms with van der Waals surface area (Å²) >= 11 is 0. The number of halogens is 2. The van der Waals surface area contributed by atoms with E-state index >= 15 is 0 Å². The normalized spacial score (nSPS) is 21.3. The minimum atomic E-state index is -2.55. The molecule has 1 amide bonds. The van der Waals surface area contributed by atoms with Crippen LogP contribution >= 0.6 is 0 Å². The van der Waals surface area contributed by atoms with Crippen molar-refractivity contribution in [1.82, 2.24) is 20.0 Å². The van der Waals surface area contributed by atoms with Crippen molar-refractivity contribution in [3.63, 3.8) is 0 Å². The Labute approximate surface area is 139 Å². The van der Waals surface area contributed by atoms with Crippen LogP contribution in [0.25, 0.3) is 0 Å². The fraction of sp³-hybridized carbons (Fsp3) is 0.412. The third-order valence-electron chi connectivity index (χ3n) is 4.31. The second kappa shape index (κ2) is 7.09. The number of carbonyl (C=O) groups is 1. The Kier molecular flexibility index (Phi) is 4.89. The summed E-state index contributed by atoms with van der Waals surface area (Å²) < 4.78 is 26.2. The lowest BCUT2D eigenvalue weighted by Crippen LogP contribution is -2.40. The number of hydrogen-bond donors (Lipinski definition) is 1. The lowest BCUT2D eigenvalue weighted by Gasteiger charge is -2.20. The van der Waals surface area contributed by atoms with Gasteiger partial charge in [-0.2, -0.15) is 5.10 Å². The summed E-state index contributed by atoms with van der Waals surface area (Å²) in [7, 11) is 2.00. The summed E-state index contributed by atoms with van der Waals surface area (Å²) in [6.45, 7) is 0.974. The molecule has 24 heavy (non-hydrogen) atoms. The van der Waals surface area contributed by atoms with Crippen molar-refractivity contribution in [3.8, 4) is 0 Å². The number of likely N-dealkylation sites (tertiary alicyclic amines) is 1. The Morgan fingerprint density at radius 3 is 2.75 bits per heavy atom. The number of alkyl halides is 2. The van der Waals surface area contributed by atoms with Crippen molar-refractivity contribution in [3.05, 3.63) is 53.9 Å². The Bertz CT molecular complexity index is 689. The average Bonchev–Trinajstić information content (AvgIpc) is 3.14. The second-order valence-electron chi connectivity index (χ2n) is 6.11. The first kappa shape index (κ1) is 16.6. The molecular weight excluding hydrogens is 314 g/mol. The standard InChI is InChI=1S/C17H20F2N4O/c1-22-9-13(12-5-3-2-4-6-12)14(10-22)21-17(24)15-7-8-20-23(15)11-16(18)19/h2-8,13-14,16H,9-11H2,1H3,(H,21,24)/t13-,14+/m0/s1. The van der Waals surface area contributed by atoms with Crippen molar-refractivity contribution in [2.24, 2.45) is 0 Å². The van der Waals surface area contributed by atoms with Crippen molar-refractivity contribution >= 4 is 5.91 Å². The third kappa shape index (κ3) is 3.62. The van der Waals surface area contributed by atoms with E-state index in [2.05, 4.69) is 15.3 Å². The van der Waals surface area contributed by atoms with E-state index in [0.717, 1.165) is 16.8 Å². The fourth-order valence-corrected chi connectivity index (χ4v) is 3.23. The molecule has 2 atom stereocenters. The number of hydrogen-bond acceptors (Lipinski definition) is 3. The molecule has 2 heterocycles. The quantitative estimate of drug-likeness (QED) is 0.910. The van der Waals surface area contributed by atoms with Gasteiger partial charge in [-0.15, -0.1) is 0 Å². The lowest BCUT2D eigenvalue weighted by atomic mass is 9.94. The minimum Gasteiger partial charge on any atom is -0.346 e. The largest absolute Gasteiger partial charge is 0.346 e. The van der Waals surface area contributed by atoms with Gasteiger partial charge >= 0.3 is 0 Å². The zero-order chi connectivity index (χ0) is 17.1. The highest BCUT2D eigenvalue weighted by atomic mass is 19.3. The molecule has 1 fully saturated rings. The van der Waals surface area contributed by atoms with Crippen LogP contribution in [-0.2, 0) is 6.54 Å². The highest BCUT2D eigenvalue weighted by Gasteiger charge is 2.33. The van der Waals surface area contributed by atoms with E-state index in [1.54, 1.807) is 0 Å². The number of nitrogens with zero attached hydrogens (tertiary/aromatic N) is 3. The molecule has 1 aromatic heterocycles. The Hall–Kier alpha value is -2.28. The first-order valence-corrected chi connectivity index (χ1v) is 7.89. The van der Waals surface area contributed by atoms with Gasteiger partial charge in [0.15, 0.2) is 0 Å². The van der Waals surface area contributed by atoms with E-state index < -0.39 is 13.0 Å². The monoisotopic (exact) mass is 334 g/mol. The van der Waals surface area contributed by atoms with Crippen molar-refractivity contribution < 1.29 is 13.6 Å². The number of rotatable bonds is 5. The van der Waals surface area contributed by atoms with Crippen LogP contribution in [0.5, 0.6) is 0 Å². The lowest BCUT2D eigenvalue weighted by molar-refractivity contribution is 0.0906. The molecule has 1 aliphatic heterocycles. The minimum absolute atomic E-state index is 0.0696. The SMILES string of the molecule is CN1C[C@@H](NC(=O)c2ccnn2CC(F)F)[C@H](c2ccccc2)C1. The van der Waals surface area contributed by atoms with Gasteiger partial charge in [0, 0.05) is 31.2 Å². The average molecular weight is 334 g/mol. The Balaban J connectivity index is 1.74. The molecule has 2 aromatic rings. The molecule has 128 valence electrons. The fourth-order valence-electron chi connectivity index (χ4n) is 3.23. The van der Waals surface area contributed by atoms with Crippen molar-refractivity contribution in [2.75, 3.05) is 20.1 Å². The Morgan fingerprint density at radius 2 is 2.04 bits per heavy atom. The van der Waals surface area contributed by atoms with Crippen molar-refractivity contribution in [1.29, 1.82) is 0 Å². The van der Waals surface area contributed by atoms with Crippen LogP contribution in [0.3, 0.4) is 0 Å². The van der Waals surface area contributed by atoms with Crippen LogP contribution in [0.2, 0.25) is 0 Å². The van der Waals surface area contributed by atoms with E-state index in [4.69, 9.17) is 0 Å². The zero-order valence-electron chi connectivity index (χ0n) is 13.4. The maximum absolute atomic E-state index is 12.6. The Morgan fingerprint density at radius 1 is 1.29 bits per heavy atom. The predicted molar refractivity (Wildman–Crippen MR) is 86.2 cm³/mol. The van der Waals surface area contributed by atoms with E-state index in [9.17, 15) is 13.6 Å². The van der Waals surface area contributed by atoms with Crippen LogP contribution in [0.4, 0.5) is 8.78 Å². The summed E-state index contributed by atoms with van der Waals surface area (Å²) in [5, 5.41) is 6.80. The molecular formula is C17H20F2N4O. The van der Waals surface area contributed by atoms with E-state index in [0.29, 0.717) is 6.54 Å². The number of nitrogens with one attached hydrogen (secondary N) is 1. The number of amides is 1. The molecule has 1 saturated heterocycles. The summed E-state index contributed by atoms with van der Waals surface area (Å²) in [6, 6.07) is 11.4. The van der Waals surface area contributed by atoms with Gasteiger partial charge in [-0.3, -0.25) is 9.48 Å². The molecule has 0 unspecified atom stereocenters. The van der Waals surface area contributed by atoms with Crippen LogP contribution in [0.1, 0.15) is 22.0 Å². The number of carbonyl (C=O) groups excluding carboxylic acids is 1. The summed E-state index contributed by atoms with van der Waals surface area (Å²) in [6.07, 6.45) is -1.18. The molecule has 5 nitrogen and oxygen atoms in total. The van der Waals surface area contributed by atoms with Gasteiger partial charge in [-0.1, -0.05) is 30.3 Å². The molecule has 0 spiro atoms. The van der Waals surface area contributed by atoms with E-state index in [-0.39, 0.29) is 23.6 Å². The molecule has 7 heteroatoms. The van der Waals surface area contributed by atoms with Gasteiger partial charge in [-0.05, 0) is 18.7 Å². The smallest absolute Gasteiger partial charge is 0.269 e. The van der Waals surface area contributed by atoms with E-state index in [1.807, 2.05) is 37.4 Å². The molecule has 0 aliphatic carbocycles.